The standard InChI is InChI=1S/C42H77NO3/c1-4-6-8-10-12-14-16-18-20-22-24-26-28-30-32-34-37-41(46-42(45)43(3)39-36-40-44)38-35-33-31-29-27-25-23-21-19-17-15-13-11-9-7-5-2/h12-15,18-21,41,44H,4-11,16-17,22-40H2,1-3H3/b14-12-,15-13-,20-18-,21-19-. The summed E-state index contributed by atoms with van der Waals surface area (Å²) in [4.78, 5) is 14.2. The van der Waals surface area contributed by atoms with Crippen LogP contribution in [0, 0.1) is 0 Å². The highest BCUT2D eigenvalue weighted by atomic mass is 16.6. The van der Waals surface area contributed by atoms with Gasteiger partial charge in [-0.3, -0.25) is 0 Å². The number of hydrogen-bond acceptors (Lipinski definition) is 3. The van der Waals surface area contributed by atoms with Crippen molar-refractivity contribution < 1.29 is 14.6 Å². The number of hydrogen-bond donors (Lipinski definition) is 1. The van der Waals surface area contributed by atoms with Gasteiger partial charge in [0, 0.05) is 20.2 Å². The zero-order valence-corrected chi connectivity index (χ0v) is 30.9. The average Bonchev–Trinajstić information content (AvgIpc) is 3.06. The third-order valence-electron chi connectivity index (χ3n) is 8.68. The van der Waals surface area contributed by atoms with Crippen LogP contribution in [0.5, 0.6) is 0 Å². The Morgan fingerprint density at radius 1 is 0.543 bits per heavy atom. The minimum Gasteiger partial charge on any atom is -0.446 e. The van der Waals surface area contributed by atoms with Gasteiger partial charge >= 0.3 is 6.09 Å². The topological polar surface area (TPSA) is 49.8 Å². The quantitative estimate of drug-likeness (QED) is 0.0560. The maximum atomic E-state index is 12.6. The summed E-state index contributed by atoms with van der Waals surface area (Å²) in [7, 11) is 1.77. The molecule has 0 atom stereocenters. The van der Waals surface area contributed by atoms with Crippen LogP contribution in [0.15, 0.2) is 48.6 Å². The van der Waals surface area contributed by atoms with Crippen LogP contribution in [0.25, 0.3) is 0 Å². The second kappa shape index (κ2) is 37.6. The molecule has 4 heteroatoms. The van der Waals surface area contributed by atoms with E-state index in [0.29, 0.717) is 13.0 Å². The molecule has 1 amide bonds. The molecule has 0 heterocycles. The van der Waals surface area contributed by atoms with E-state index in [1.807, 2.05) is 0 Å². The van der Waals surface area contributed by atoms with E-state index in [-0.39, 0.29) is 18.8 Å². The van der Waals surface area contributed by atoms with Gasteiger partial charge in [0.05, 0.1) is 0 Å². The highest BCUT2D eigenvalue weighted by molar-refractivity contribution is 5.67. The molecule has 0 aliphatic heterocycles. The Morgan fingerprint density at radius 2 is 0.913 bits per heavy atom. The van der Waals surface area contributed by atoms with Crippen molar-refractivity contribution in [3.05, 3.63) is 48.6 Å². The lowest BCUT2D eigenvalue weighted by Gasteiger charge is -2.23. The Balaban J connectivity index is 4.05. The average molecular weight is 644 g/mol. The number of aliphatic hydroxyl groups is 1. The van der Waals surface area contributed by atoms with Crippen molar-refractivity contribution in [2.24, 2.45) is 0 Å². The fourth-order valence-electron chi connectivity index (χ4n) is 5.61. The van der Waals surface area contributed by atoms with Crippen LogP contribution < -0.4 is 0 Å². The Morgan fingerprint density at radius 3 is 1.30 bits per heavy atom. The molecule has 0 aliphatic rings. The first-order valence-electron chi connectivity index (χ1n) is 19.8. The smallest absolute Gasteiger partial charge is 0.409 e. The van der Waals surface area contributed by atoms with E-state index in [1.165, 1.54) is 128 Å². The van der Waals surface area contributed by atoms with Crippen LogP contribution in [0.2, 0.25) is 0 Å². The fraction of sp³-hybridized carbons (Fsp3) is 0.786. The van der Waals surface area contributed by atoms with E-state index in [4.69, 9.17) is 9.84 Å². The first-order valence-corrected chi connectivity index (χ1v) is 19.8. The Kier molecular flexibility index (Phi) is 36.2. The summed E-state index contributed by atoms with van der Waals surface area (Å²) in [6, 6.07) is 0. The molecule has 0 saturated heterocycles. The molecule has 0 spiro atoms. The van der Waals surface area contributed by atoms with E-state index < -0.39 is 0 Å². The predicted octanol–water partition coefficient (Wildman–Crippen LogP) is 13.2. The van der Waals surface area contributed by atoms with Crippen molar-refractivity contribution in [1.29, 1.82) is 0 Å². The summed E-state index contributed by atoms with van der Waals surface area (Å²) < 4.78 is 5.94. The molecule has 0 aliphatic carbocycles. The van der Waals surface area contributed by atoms with Crippen molar-refractivity contribution in [3.63, 3.8) is 0 Å². The highest BCUT2D eigenvalue weighted by Gasteiger charge is 2.17. The molecule has 0 bridgehead atoms. The Bertz CT molecular complexity index is 693. The molecule has 0 aromatic rings. The lowest BCUT2D eigenvalue weighted by molar-refractivity contribution is 0.0571. The number of ether oxygens (including phenoxy) is 1. The minimum atomic E-state index is -0.237. The third kappa shape index (κ3) is 33.6. The number of carbonyl (C=O) groups is 1. The normalized spacial score (nSPS) is 12.2. The van der Waals surface area contributed by atoms with Crippen LogP contribution >= 0.6 is 0 Å². The molecule has 0 aromatic carbocycles. The summed E-state index contributed by atoms with van der Waals surface area (Å²) >= 11 is 0. The van der Waals surface area contributed by atoms with Gasteiger partial charge in [-0.15, -0.1) is 0 Å². The van der Waals surface area contributed by atoms with Gasteiger partial charge in [-0.1, -0.05) is 140 Å². The molecule has 0 saturated carbocycles. The van der Waals surface area contributed by atoms with Crippen LogP contribution in [-0.4, -0.2) is 42.4 Å². The SMILES string of the molecule is CCCCC/C=C\C/C=C\CCCCCCCCC(CCCCCCCC/C=C\C/C=C\CCCCC)OC(=O)N(C)CCCO. The van der Waals surface area contributed by atoms with Gasteiger partial charge in [-0.2, -0.15) is 0 Å². The second-order valence-electron chi connectivity index (χ2n) is 13.3. The van der Waals surface area contributed by atoms with Gasteiger partial charge < -0.3 is 14.7 Å². The van der Waals surface area contributed by atoms with Crippen LogP contribution in [0.4, 0.5) is 4.79 Å². The lowest BCUT2D eigenvalue weighted by atomic mass is 10.0. The van der Waals surface area contributed by atoms with Crippen LogP contribution in [0.1, 0.15) is 187 Å². The zero-order valence-electron chi connectivity index (χ0n) is 30.9. The first-order chi connectivity index (χ1) is 22.7. The van der Waals surface area contributed by atoms with E-state index in [2.05, 4.69) is 62.5 Å². The third-order valence-corrected chi connectivity index (χ3v) is 8.68. The number of unbranched alkanes of at least 4 members (excludes halogenated alkanes) is 18. The summed E-state index contributed by atoms with van der Waals surface area (Å²) in [6.07, 6.45) is 50.8. The van der Waals surface area contributed by atoms with Crippen molar-refractivity contribution in [2.45, 2.75) is 193 Å². The monoisotopic (exact) mass is 644 g/mol. The van der Waals surface area contributed by atoms with E-state index in [0.717, 1.165) is 38.5 Å². The molecular formula is C42H77NO3. The molecule has 0 fully saturated rings. The fourth-order valence-corrected chi connectivity index (χ4v) is 5.61. The van der Waals surface area contributed by atoms with Gasteiger partial charge in [-0.05, 0) is 96.3 Å². The van der Waals surface area contributed by atoms with Gasteiger partial charge in [0.1, 0.15) is 6.10 Å². The molecule has 0 radical (unpaired) electrons. The number of amides is 1. The number of rotatable bonds is 34. The molecule has 4 nitrogen and oxygen atoms in total. The Hall–Kier alpha value is -1.81. The largest absolute Gasteiger partial charge is 0.446 e. The molecule has 0 rings (SSSR count). The summed E-state index contributed by atoms with van der Waals surface area (Å²) in [5.74, 6) is 0. The van der Waals surface area contributed by atoms with Crippen molar-refractivity contribution in [1.82, 2.24) is 4.90 Å². The molecule has 46 heavy (non-hydrogen) atoms. The summed E-state index contributed by atoms with van der Waals surface area (Å²) in [5.41, 5.74) is 0. The van der Waals surface area contributed by atoms with Gasteiger partial charge in [0.25, 0.3) is 0 Å². The second-order valence-corrected chi connectivity index (χ2v) is 13.3. The lowest BCUT2D eigenvalue weighted by Crippen LogP contribution is -2.32. The summed E-state index contributed by atoms with van der Waals surface area (Å²) in [5, 5.41) is 9.11. The van der Waals surface area contributed by atoms with Crippen molar-refractivity contribution >= 4 is 6.09 Å². The van der Waals surface area contributed by atoms with Crippen molar-refractivity contribution in [3.8, 4) is 0 Å². The van der Waals surface area contributed by atoms with E-state index >= 15 is 0 Å². The molecular weight excluding hydrogens is 566 g/mol. The maximum absolute atomic E-state index is 12.6. The number of nitrogens with zero attached hydrogens (tertiary/aromatic N) is 1. The Labute approximate surface area is 287 Å². The molecule has 0 unspecified atom stereocenters. The molecule has 268 valence electrons. The molecule has 0 aromatic heterocycles. The summed E-state index contributed by atoms with van der Waals surface area (Å²) in [6.45, 7) is 5.15. The van der Waals surface area contributed by atoms with Crippen LogP contribution in [0.3, 0.4) is 0 Å². The number of aliphatic hydroxyl groups excluding tert-OH is 1. The van der Waals surface area contributed by atoms with Gasteiger partial charge in [0.15, 0.2) is 0 Å². The van der Waals surface area contributed by atoms with E-state index in [9.17, 15) is 4.79 Å². The highest BCUT2D eigenvalue weighted by Crippen LogP contribution is 2.18. The zero-order chi connectivity index (χ0) is 33.6. The van der Waals surface area contributed by atoms with E-state index in [1.54, 1.807) is 11.9 Å². The minimum absolute atomic E-state index is 0.0146. The van der Waals surface area contributed by atoms with Gasteiger partial charge in [-0.25, -0.2) is 4.79 Å². The van der Waals surface area contributed by atoms with Crippen LogP contribution in [-0.2, 0) is 4.74 Å². The first kappa shape index (κ1) is 44.2. The number of carbonyl (C=O) groups excluding carboxylic acids is 1. The predicted molar refractivity (Wildman–Crippen MR) is 203 cm³/mol. The number of allylic oxidation sites excluding steroid dienone is 8. The van der Waals surface area contributed by atoms with Crippen molar-refractivity contribution in [2.75, 3.05) is 20.2 Å². The molecule has 1 N–H and O–H groups in total. The maximum Gasteiger partial charge on any atom is 0.409 e. The van der Waals surface area contributed by atoms with Gasteiger partial charge in [0.2, 0.25) is 0 Å².